The topological polar surface area (TPSA) is 105 Å². The molecule has 28 heavy (non-hydrogen) atoms. The molecule has 0 aliphatic carbocycles. The Hall–Kier alpha value is -3.68. The first-order valence-electron chi connectivity index (χ1n) is 9.00. The molecule has 1 amide bonds. The van der Waals surface area contributed by atoms with E-state index in [-0.39, 0.29) is 0 Å². The van der Waals surface area contributed by atoms with E-state index in [0.29, 0.717) is 19.1 Å². The highest BCUT2D eigenvalue weighted by Crippen LogP contribution is 2.25. The Bertz CT molecular complexity index is 1150. The molecule has 0 aliphatic heterocycles. The lowest BCUT2D eigenvalue weighted by Crippen LogP contribution is -2.23. The summed E-state index contributed by atoms with van der Waals surface area (Å²) in [6.07, 6.45) is 3.08. The molecule has 0 radical (unpaired) electrons. The molecule has 0 unspecified atom stereocenters. The second-order valence-corrected chi connectivity index (χ2v) is 6.37. The minimum Gasteiger partial charge on any atom is -0.450 e. The molecule has 8 nitrogen and oxygen atoms in total. The largest absolute Gasteiger partial charge is 0.450 e. The summed E-state index contributed by atoms with van der Waals surface area (Å²) in [4.78, 5) is 20.7. The molecule has 0 spiro atoms. The number of rotatable bonds is 5. The smallest absolute Gasteiger partial charge is 0.407 e. The van der Waals surface area contributed by atoms with Crippen molar-refractivity contribution in [2.75, 3.05) is 11.9 Å². The van der Waals surface area contributed by atoms with Crippen LogP contribution >= 0.6 is 0 Å². The van der Waals surface area contributed by atoms with Crippen molar-refractivity contribution < 1.29 is 9.53 Å². The fourth-order valence-electron chi connectivity index (χ4n) is 3.09. The van der Waals surface area contributed by atoms with E-state index >= 15 is 0 Å². The SMILES string of the molecule is CCOC(=O)NCc1cc(Nc2ncc3cccc(C)c3n2)cc2[nH]ncc12. The van der Waals surface area contributed by atoms with E-state index in [4.69, 9.17) is 4.74 Å². The highest BCUT2D eigenvalue weighted by Gasteiger charge is 2.10. The van der Waals surface area contributed by atoms with Gasteiger partial charge in [0.25, 0.3) is 0 Å². The predicted molar refractivity (Wildman–Crippen MR) is 108 cm³/mol. The van der Waals surface area contributed by atoms with E-state index in [0.717, 1.165) is 38.6 Å². The van der Waals surface area contributed by atoms with Crippen molar-refractivity contribution >= 4 is 39.5 Å². The van der Waals surface area contributed by atoms with Crippen molar-refractivity contribution in [3.8, 4) is 0 Å². The van der Waals surface area contributed by atoms with Crippen LogP contribution in [0.3, 0.4) is 0 Å². The molecular weight excluding hydrogens is 356 g/mol. The number of aromatic nitrogens is 4. The van der Waals surface area contributed by atoms with E-state index in [1.54, 1.807) is 19.3 Å². The zero-order chi connectivity index (χ0) is 19.5. The number of carbonyl (C=O) groups excluding carboxylic acids is 1. The fraction of sp³-hybridized carbons (Fsp3) is 0.200. The molecule has 0 aliphatic rings. The van der Waals surface area contributed by atoms with Crippen molar-refractivity contribution in [3.05, 3.63) is 53.9 Å². The lowest BCUT2D eigenvalue weighted by Gasteiger charge is -2.11. The lowest BCUT2D eigenvalue weighted by molar-refractivity contribution is 0.151. The van der Waals surface area contributed by atoms with Crippen molar-refractivity contribution in [3.63, 3.8) is 0 Å². The Kier molecular flexibility index (Phi) is 4.76. The average molecular weight is 376 g/mol. The summed E-state index contributed by atoms with van der Waals surface area (Å²) in [7, 11) is 0. The third-order valence-electron chi connectivity index (χ3n) is 4.41. The van der Waals surface area contributed by atoms with Gasteiger partial charge < -0.3 is 15.4 Å². The van der Waals surface area contributed by atoms with E-state index in [1.165, 1.54) is 0 Å². The van der Waals surface area contributed by atoms with Crippen LogP contribution < -0.4 is 10.6 Å². The lowest BCUT2D eigenvalue weighted by atomic mass is 10.1. The van der Waals surface area contributed by atoms with Crippen molar-refractivity contribution in [1.29, 1.82) is 0 Å². The van der Waals surface area contributed by atoms with Crippen LogP contribution in [-0.2, 0) is 11.3 Å². The van der Waals surface area contributed by atoms with Crippen molar-refractivity contribution in [2.24, 2.45) is 0 Å². The molecular formula is C20H20N6O2. The molecule has 0 bridgehead atoms. The first-order chi connectivity index (χ1) is 13.6. The molecule has 4 rings (SSSR count). The first kappa shape index (κ1) is 17.7. The van der Waals surface area contributed by atoms with Gasteiger partial charge in [-0.25, -0.2) is 14.8 Å². The zero-order valence-electron chi connectivity index (χ0n) is 15.6. The third-order valence-corrected chi connectivity index (χ3v) is 4.41. The molecule has 2 aromatic carbocycles. The summed E-state index contributed by atoms with van der Waals surface area (Å²) >= 11 is 0. The van der Waals surface area contributed by atoms with Crippen LogP contribution in [0.5, 0.6) is 0 Å². The molecule has 3 N–H and O–H groups in total. The minimum atomic E-state index is -0.453. The van der Waals surface area contributed by atoms with Gasteiger partial charge in [-0.3, -0.25) is 5.10 Å². The number of para-hydroxylation sites is 1. The number of carbonyl (C=O) groups is 1. The van der Waals surface area contributed by atoms with Gasteiger partial charge in [-0.1, -0.05) is 18.2 Å². The maximum absolute atomic E-state index is 11.6. The Morgan fingerprint density at radius 1 is 1.25 bits per heavy atom. The van der Waals surface area contributed by atoms with Gasteiger partial charge in [-0.15, -0.1) is 0 Å². The van der Waals surface area contributed by atoms with Gasteiger partial charge in [0.2, 0.25) is 5.95 Å². The molecule has 0 saturated heterocycles. The number of hydrogen-bond donors (Lipinski definition) is 3. The van der Waals surface area contributed by atoms with E-state index in [2.05, 4.69) is 30.8 Å². The number of nitrogens with zero attached hydrogens (tertiary/aromatic N) is 3. The summed E-state index contributed by atoms with van der Waals surface area (Å²) in [5.74, 6) is 0.505. The molecule has 0 fully saturated rings. The number of nitrogens with one attached hydrogen (secondary N) is 3. The van der Waals surface area contributed by atoms with Gasteiger partial charge in [0.15, 0.2) is 0 Å². The standard InChI is InChI=1S/C20H20N6O2/c1-3-28-20(27)22-10-14-7-15(8-17-16(14)11-23-26-17)24-19-21-9-13-6-4-5-12(2)18(13)25-19/h4-9,11H,3,10H2,1-2H3,(H,22,27)(H,23,26)(H,21,24,25). The molecule has 0 atom stereocenters. The highest BCUT2D eigenvalue weighted by atomic mass is 16.5. The summed E-state index contributed by atoms with van der Waals surface area (Å²) in [6.45, 7) is 4.44. The summed E-state index contributed by atoms with van der Waals surface area (Å²) < 4.78 is 4.93. The zero-order valence-corrected chi connectivity index (χ0v) is 15.6. The molecule has 0 saturated carbocycles. The van der Waals surface area contributed by atoms with Crippen LogP contribution in [0.4, 0.5) is 16.4 Å². The van der Waals surface area contributed by atoms with Crippen LogP contribution in [0.1, 0.15) is 18.1 Å². The number of amides is 1. The number of ether oxygens (including phenoxy) is 1. The maximum atomic E-state index is 11.6. The number of fused-ring (bicyclic) bond motifs is 2. The van der Waals surface area contributed by atoms with Gasteiger partial charge in [0.1, 0.15) is 0 Å². The Morgan fingerprint density at radius 3 is 3.00 bits per heavy atom. The van der Waals surface area contributed by atoms with Crippen LogP contribution in [0.2, 0.25) is 0 Å². The normalized spacial score (nSPS) is 10.9. The van der Waals surface area contributed by atoms with Gasteiger partial charge in [0.05, 0.1) is 23.8 Å². The maximum Gasteiger partial charge on any atom is 0.407 e. The molecule has 142 valence electrons. The molecule has 2 aromatic heterocycles. The predicted octanol–water partition coefficient (Wildman–Crippen LogP) is 3.80. The van der Waals surface area contributed by atoms with Crippen molar-refractivity contribution in [1.82, 2.24) is 25.5 Å². The summed E-state index contributed by atoms with van der Waals surface area (Å²) in [6, 6.07) is 9.87. The summed E-state index contributed by atoms with van der Waals surface area (Å²) in [5, 5.41) is 15.0. The second-order valence-electron chi connectivity index (χ2n) is 6.37. The monoisotopic (exact) mass is 376 g/mol. The molecule has 2 heterocycles. The van der Waals surface area contributed by atoms with Crippen LogP contribution in [0.15, 0.2) is 42.7 Å². The van der Waals surface area contributed by atoms with E-state index < -0.39 is 6.09 Å². The van der Waals surface area contributed by atoms with Gasteiger partial charge in [-0.05, 0) is 37.1 Å². The summed E-state index contributed by atoms with van der Waals surface area (Å²) in [5.41, 5.74) is 4.55. The minimum absolute atomic E-state index is 0.322. The fourth-order valence-corrected chi connectivity index (χ4v) is 3.09. The Morgan fingerprint density at radius 2 is 2.14 bits per heavy atom. The van der Waals surface area contributed by atoms with E-state index in [9.17, 15) is 4.79 Å². The van der Waals surface area contributed by atoms with Crippen LogP contribution in [0, 0.1) is 6.92 Å². The molecule has 8 heteroatoms. The van der Waals surface area contributed by atoms with Gasteiger partial charge in [0, 0.05) is 29.2 Å². The second kappa shape index (κ2) is 7.51. The van der Waals surface area contributed by atoms with Crippen LogP contribution in [0.25, 0.3) is 21.8 Å². The van der Waals surface area contributed by atoms with Gasteiger partial charge >= 0.3 is 6.09 Å². The average Bonchev–Trinajstić information content (AvgIpc) is 3.16. The van der Waals surface area contributed by atoms with Crippen LogP contribution in [-0.4, -0.2) is 32.9 Å². The third kappa shape index (κ3) is 3.57. The number of aromatic amines is 1. The number of aryl methyl sites for hydroxylation is 1. The quantitative estimate of drug-likeness (QED) is 0.489. The van der Waals surface area contributed by atoms with Crippen molar-refractivity contribution in [2.45, 2.75) is 20.4 Å². The number of H-pyrrole nitrogens is 1. The first-order valence-corrected chi connectivity index (χ1v) is 9.00. The number of anilines is 2. The number of benzene rings is 2. The Labute approximate surface area is 161 Å². The Balaban J connectivity index is 1.63. The number of alkyl carbamates (subject to hydrolysis) is 1. The number of hydrogen-bond acceptors (Lipinski definition) is 6. The van der Waals surface area contributed by atoms with E-state index in [1.807, 2.05) is 37.3 Å². The highest BCUT2D eigenvalue weighted by molar-refractivity contribution is 5.87. The van der Waals surface area contributed by atoms with Gasteiger partial charge in [-0.2, -0.15) is 5.10 Å². The molecule has 4 aromatic rings.